The fourth-order valence-electron chi connectivity index (χ4n) is 1.58. The predicted molar refractivity (Wildman–Crippen MR) is 69.1 cm³/mol. The third kappa shape index (κ3) is 3.68. The van der Waals surface area contributed by atoms with Crippen molar-refractivity contribution in [1.82, 2.24) is 4.98 Å². The summed E-state index contributed by atoms with van der Waals surface area (Å²) in [6.07, 6.45) is 1.42. The molecule has 1 N–H and O–H groups in total. The largest absolute Gasteiger partial charge is 0.478 e. The van der Waals surface area contributed by atoms with Crippen LogP contribution in [-0.4, -0.2) is 11.6 Å². The molecule has 0 saturated heterocycles. The Hall–Kier alpha value is -2.61. The van der Waals surface area contributed by atoms with Gasteiger partial charge in [0.15, 0.2) is 6.61 Å². The Balaban J connectivity index is 2.03. The molecule has 0 amide bonds. The van der Waals surface area contributed by atoms with Crippen LogP contribution in [0.4, 0.5) is 10.1 Å². The molecule has 1 aromatic heterocycles. The van der Waals surface area contributed by atoms with Crippen molar-refractivity contribution in [1.29, 1.82) is 5.26 Å². The van der Waals surface area contributed by atoms with Crippen molar-refractivity contribution in [3.8, 4) is 11.8 Å². The van der Waals surface area contributed by atoms with Crippen molar-refractivity contribution in [3.63, 3.8) is 0 Å². The van der Waals surface area contributed by atoms with E-state index >= 15 is 0 Å². The van der Waals surface area contributed by atoms with Crippen LogP contribution in [-0.2, 0) is 6.54 Å². The topological polar surface area (TPSA) is 57.9 Å². The Morgan fingerprint density at radius 2 is 2.11 bits per heavy atom. The molecule has 0 radical (unpaired) electrons. The lowest BCUT2D eigenvalue weighted by Crippen LogP contribution is -2.03. The van der Waals surface area contributed by atoms with E-state index < -0.39 is 5.95 Å². The van der Waals surface area contributed by atoms with Crippen LogP contribution in [0.25, 0.3) is 0 Å². The number of nitrogens with zero attached hydrogens (tertiary/aromatic N) is 2. The second-order valence-electron chi connectivity index (χ2n) is 3.78. The average Bonchev–Trinajstić information content (AvgIpc) is 2.45. The van der Waals surface area contributed by atoms with E-state index in [-0.39, 0.29) is 6.61 Å². The molecule has 0 aliphatic carbocycles. The molecule has 2 rings (SSSR count). The van der Waals surface area contributed by atoms with Gasteiger partial charge in [-0.3, -0.25) is 0 Å². The molecule has 1 heterocycles. The van der Waals surface area contributed by atoms with E-state index in [2.05, 4.69) is 10.3 Å². The Kier molecular flexibility index (Phi) is 4.29. The maximum absolute atomic E-state index is 12.7. The number of benzene rings is 1. The SMILES string of the molecule is N#CCOc1ccccc1CNc1ccc(F)nc1. The van der Waals surface area contributed by atoms with Crippen molar-refractivity contribution in [2.75, 3.05) is 11.9 Å². The normalized spacial score (nSPS) is 9.68. The molecule has 4 nitrogen and oxygen atoms in total. The zero-order valence-corrected chi connectivity index (χ0v) is 10.1. The number of halogens is 1. The number of aromatic nitrogens is 1. The molecule has 0 saturated carbocycles. The predicted octanol–water partition coefficient (Wildman–Crippen LogP) is 2.74. The maximum Gasteiger partial charge on any atom is 0.212 e. The Bertz CT molecular complexity index is 578. The molecule has 0 fully saturated rings. The molecule has 19 heavy (non-hydrogen) atoms. The number of pyridine rings is 1. The monoisotopic (exact) mass is 257 g/mol. The second kappa shape index (κ2) is 6.36. The fraction of sp³-hybridized carbons (Fsp3) is 0.143. The van der Waals surface area contributed by atoms with Gasteiger partial charge >= 0.3 is 0 Å². The average molecular weight is 257 g/mol. The lowest BCUT2D eigenvalue weighted by molar-refractivity contribution is 0.364. The molecule has 0 spiro atoms. The maximum atomic E-state index is 12.7. The van der Waals surface area contributed by atoms with Crippen LogP contribution in [0.5, 0.6) is 5.75 Å². The summed E-state index contributed by atoms with van der Waals surface area (Å²) in [7, 11) is 0. The van der Waals surface area contributed by atoms with E-state index in [4.69, 9.17) is 10.00 Å². The first-order chi connectivity index (χ1) is 9.29. The summed E-state index contributed by atoms with van der Waals surface area (Å²) in [6.45, 7) is 0.518. The van der Waals surface area contributed by atoms with Gasteiger partial charge < -0.3 is 10.1 Å². The van der Waals surface area contributed by atoms with Crippen molar-refractivity contribution in [2.45, 2.75) is 6.54 Å². The van der Waals surface area contributed by atoms with Crippen molar-refractivity contribution >= 4 is 5.69 Å². The molecule has 5 heteroatoms. The molecule has 0 unspecified atom stereocenters. The van der Waals surface area contributed by atoms with Crippen LogP contribution >= 0.6 is 0 Å². The molecule has 0 atom stereocenters. The minimum absolute atomic E-state index is 0.00904. The van der Waals surface area contributed by atoms with Crippen LogP contribution in [0.15, 0.2) is 42.6 Å². The van der Waals surface area contributed by atoms with E-state index in [0.29, 0.717) is 12.3 Å². The number of anilines is 1. The first-order valence-corrected chi connectivity index (χ1v) is 5.72. The van der Waals surface area contributed by atoms with Gasteiger partial charge in [0.1, 0.15) is 11.8 Å². The minimum atomic E-state index is -0.511. The zero-order chi connectivity index (χ0) is 13.5. The third-order valence-corrected chi connectivity index (χ3v) is 2.48. The lowest BCUT2D eigenvalue weighted by atomic mass is 10.2. The van der Waals surface area contributed by atoms with Gasteiger partial charge in [-0.2, -0.15) is 9.65 Å². The molecule has 0 bridgehead atoms. The van der Waals surface area contributed by atoms with Crippen molar-refractivity contribution < 1.29 is 9.13 Å². The van der Waals surface area contributed by atoms with Crippen molar-refractivity contribution in [3.05, 3.63) is 54.1 Å². The number of nitriles is 1. The van der Waals surface area contributed by atoms with Gasteiger partial charge in [-0.25, -0.2) is 4.98 Å². The summed E-state index contributed by atoms with van der Waals surface area (Å²) in [5.74, 6) is 0.148. The van der Waals surface area contributed by atoms with E-state index in [1.54, 1.807) is 12.1 Å². The number of para-hydroxylation sites is 1. The molecule has 0 aliphatic heterocycles. The van der Waals surface area contributed by atoms with Crippen LogP contribution in [0.2, 0.25) is 0 Å². The quantitative estimate of drug-likeness (QED) is 0.837. The highest BCUT2D eigenvalue weighted by Crippen LogP contribution is 2.19. The summed E-state index contributed by atoms with van der Waals surface area (Å²) in [5.41, 5.74) is 1.64. The smallest absolute Gasteiger partial charge is 0.212 e. The summed E-state index contributed by atoms with van der Waals surface area (Å²) in [5, 5.41) is 11.6. The van der Waals surface area contributed by atoms with Gasteiger partial charge in [0.05, 0.1) is 11.9 Å². The molecule has 2 aromatic rings. The lowest BCUT2D eigenvalue weighted by Gasteiger charge is -2.10. The summed E-state index contributed by atoms with van der Waals surface area (Å²) >= 11 is 0. The molecule has 1 aromatic carbocycles. The van der Waals surface area contributed by atoms with Gasteiger partial charge in [0, 0.05) is 12.1 Å². The van der Waals surface area contributed by atoms with Gasteiger partial charge in [-0.1, -0.05) is 18.2 Å². The number of hydrogen-bond acceptors (Lipinski definition) is 4. The molecular formula is C14H12FN3O. The van der Waals surface area contributed by atoms with E-state index in [9.17, 15) is 4.39 Å². The number of hydrogen-bond donors (Lipinski definition) is 1. The van der Waals surface area contributed by atoms with Crippen LogP contribution in [0, 0.1) is 17.3 Å². The summed E-state index contributed by atoms with van der Waals surface area (Å²) in [4.78, 5) is 3.56. The molecule has 96 valence electrons. The standard InChI is InChI=1S/C14H12FN3O/c15-14-6-5-12(10-18-14)17-9-11-3-1-2-4-13(11)19-8-7-16/h1-6,10,17H,8-9H2. The van der Waals surface area contributed by atoms with E-state index in [1.807, 2.05) is 24.3 Å². The first kappa shape index (κ1) is 12.8. The van der Waals surface area contributed by atoms with Crippen LogP contribution in [0.3, 0.4) is 0 Å². The number of ether oxygens (including phenoxy) is 1. The van der Waals surface area contributed by atoms with Gasteiger partial charge in [0.25, 0.3) is 0 Å². The Morgan fingerprint density at radius 3 is 2.84 bits per heavy atom. The second-order valence-corrected chi connectivity index (χ2v) is 3.78. The van der Waals surface area contributed by atoms with Gasteiger partial charge in [-0.15, -0.1) is 0 Å². The minimum Gasteiger partial charge on any atom is -0.478 e. The summed E-state index contributed by atoms with van der Waals surface area (Å²) < 4.78 is 18.0. The summed E-state index contributed by atoms with van der Waals surface area (Å²) in [6, 6.07) is 12.3. The van der Waals surface area contributed by atoms with Gasteiger partial charge in [0.2, 0.25) is 5.95 Å². The highest BCUT2D eigenvalue weighted by atomic mass is 19.1. The number of nitrogens with one attached hydrogen (secondary N) is 1. The number of rotatable bonds is 5. The fourth-order valence-corrected chi connectivity index (χ4v) is 1.58. The first-order valence-electron chi connectivity index (χ1n) is 5.72. The highest BCUT2D eigenvalue weighted by Gasteiger charge is 2.03. The Morgan fingerprint density at radius 1 is 1.26 bits per heavy atom. The van der Waals surface area contributed by atoms with Crippen LogP contribution in [0.1, 0.15) is 5.56 Å². The zero-order valence-electron chi connectivity index (χ0n) is 10.1. The third-order valence-electron chi connectivity index (χ3n) is 2.48. The van der Waals surface area contributed by atoms with E-state index in [0.717, 1.165) is 11.3 Å². The molecule has 0 aliphatic rings. The Labute approximate surface area is 110 Å². The van der Waals surface area contributed by atoms with E-state index in [1.165, 1.54) is 12.3 Å². The highest BCUT2D eigenvalue weighted by molar-refractivity contribution is 5.43. The van der Waals surface area contributed by atoms with Crippen LogP contribution < -0.4 is 10.1 Å². The van der Waals surface area contributed by atoms with Gasteiger partial charge in [-0.05, 0) is 18.2 Å². The van der Waals surface area contributed by atoms with Crippen molar-refractivity contribution in [2.24, 2.45) is 0 Å². The molecular weight excluding hydrogens is 245 g/mol.